The van der Waals surface area contributed by atoms with E-state index in [4.69, 9.17) is 4.74 Å². The molecule has 6 heteroatoms. The van der Waals surface area contributed by atoms with E-state index in [1.165, 1.54) is 0 Å². The lowest BCUT2D eigenvalue weighted by Gasteiger charge is -2.33. The minimum Gasteiger partial charge on any atom is -0.444 e. The van der Waals surface area contributed by atoms with Crippen molar-refractivity contribution in [3.8, 4) is 0 Å². The Morgan fingerprint density at radius 3 is 2.32 bits per heavy atom. The van der Waals surface area contributed by atoms with Crippen molar-refractivity contribution in [2.24, 2.45) is 5.92 Å². The third-order valence-electron chi connectivity index (χ3n) is 3.18. The van der Waals surface area contributed by atoms with Crippen molar-refractivity contribution in [3.05, 3.63) is 12.3 Å². The number of hydrogen-bond acceptors (Lipinski definition) is 3. The predicted molar refractivity (Wildman–Crippen MR) is 86.5 cm³/mol. The molecule has 1 aliphatic heterocycles. The molecule has 126 valence electrons. The van der Waals surface area contributed by atoms with Gasteiger partial charge in [0.15, 0.2) is 0 Å². The molecule has 0 aromatic heterocycles. The van der Waals surface area contributed by atoms with Gasteiger partial charge < -0.3 is 20.3 Å². The molecule has 2 N–H and O–H groups in total. The van der Waals surface area contributed by atoms with Crippen molar-refractivity contribution in [2.75, 3.05) is 13.1 Å². The molecule has 0 unspecified atom stereocenters. The van der Waals surface area contributed by atoms with E-state index < -0.39 is 5.60 Å². The maximum Gasteiger partial charge on any atom is 0.410 e. The molecule has 1 rings (SSSR count). The van der Waals surface area contributed by atoms with Gasteiger partial charge in [-0.3, -0.25) is 0 Å². The van der Waals surface area contributed by atoms with Crippen molar-refractivity contribution in [3.63, 3.8) is 0 Å². The Bertz CT molecular complexity index is 405. The number of allylic oxidation sites excluding steroid dienone is 1. The number of carbonyl (C=O) groups is 2. The fourth-order valence-electron chi connectivity index (χ4n) is 2.08. The zero-order valence-electron chi connectivity index (χ0n) is 14.3. The minimum atomic E-state index is -0.477. The Labute approximate surface area is 133 Å². The van der Waals surface area contributed by atoms with E-state index in [0.29, 0.717) is 19.0 Å². The van der Waals surface area contributed by atoms with E-state index in [1.54, 1.807) is 11.1 Å². The van der Waals surface area contributed by atoms with Gasteiger partial charge in [-0.15, -0.1) is 0 Å². The number of rotatable bonds is 3. The van der Waals surface area contributed by atoms with Crippen molar-refractivity contribution in [1.82, 2.24) is 15.5 Å². The van der Waals surface area contributed by atoms with Crippen LogP contribution in [0.5, 0.6) is 0 Å². The Morgan fingerprint density at radius 1 is 1.23 bits per heavy atom. The number of piperidine rings is 1. The van der Waals surface area contributed by atoms with Crippen molar-refractivity contribution in [2.45, 2.75) is 59.1 Å². The van der Waals surface area contributed by atoms with Crippen LogP contribution in [0.25, 0.3) is 0 Å². The Morgan fingerprint density at radius 2 is 1.82 bits per heavy atom. The molecular formula is C16H29N3O3. The highest BCUT2D eigenvalue weighted by atomic mass is 16.6. The first-order valence-corrected chi connectivity index (χ1v) is 7.89. The molecule has 0 radical (unpaired) electrons. The standard InChI is InChI=1S/C16H29N3O3/c1-12(2)6-9-17-14(20)18-13-7-10-19(11-8-13)15(21)22-16(3,4)5/h6,9,12-13H,7-8,10-11H2,1-5H3,(H2,17,18,20)/b9-6+. The van der Waals surface area contributed by atoms with Crippen LogP contribution in [0.3, 0.4) is 0 Å². The zero-order chi connectivity index (χ0) is 16.8. The summed E-state index contributed by atoms with van der Waals surface area (Å²) in [6, 6.07) is -0.112. The van der Waals surface area contributed by atoms with Crippen LogP contribution in [-0.2, 0) is 4.74 Å². The summed E-state index contributed by atoms with van der Waals surface area (Å²) in [7, 11) is 0. The van der Waals surface area contributed by atoms with Crippen LogP contribution < -0.4 is 10.6 Å². The molecule has 0 saturated carbocycles. The molecule has 0 aliphatic carbocycles. The van der Waals surface area contributed by atoms with E-state index in [1.807, 2.05) is 40.7 Å². The van der Waals surface area contributed by atoms with Crippen LogP contribution in [-0.4, -0.2) is 41.8 Å². The Balaban J connectivity index is 2.30. The maximum atomic E-state index is 11.9. The van der Waals surface area contributed by atoms with E-state index in [9.17, 15) is 9.59 Å². The first-order chi connectivity index (χ1) is 10.2. The van der Waals surface area contributed by atoms with E-state index in [2.05, 4.69) is 10.6 Å². The monoisotopic (exact) mass is 311 g/mol. The molecule has 0 aromatic carbocycles. The molecule has 0 aromatic rings. The lowest BCUT2D eigenvalue weighted by Crippen LogP contribution is -2.49. The second-order valence-corrected chi connectivity index (χ2v) is 6.96. The summed E-state index contributed by atoms with van der Waals surface area (Å²) in [6.07, 6.45) is 4.78. The maximum absolute atomic E-state index is 11.9. The highest BCUT2D eigenvalue weighted by Gasteiger charge is 2.27. The largest absolute Gasteiger partial charge is 0.444 e. The second kappa shape index (κ2) is 8.06. The molecule has 22 heavy (non-hydrogen) atoms. The topological polar surface area (TPSA) is 70.7 Å². The van der Waals surface area contributed by atoms with Crippen LogP contribution in [0.15, 0.2) is 12.3 Å². The van der Waals surface area contributed by atoms with Crippen LogP contribution in [0.4, 0.5) is 9.59 Å². The van der Waals surface area contributed by atoms with Crippen molar-refractivity contribution >= 4 is 12.1 Å². The van der Waals surface area contributed by atoms with Crippen molar-refractivity contribution < 1.29 is 14.3 Å². The van der Waals surface area contributed by atoms with Gasteiger partial charge in [0.1, 0.15) is 5.60 Å². The molecule has 3 amide bonds. The summed E-state index contributed by atoms with van der Waals surface area (Å²) in [5.41, 5.74) is -0.477. The molecule has 1 saturated heterocycles. The normalized spacial score (nSPS) is 16.9. The fourth-order valence-corrected chi connectivity index (χ4v) is 2.08. The first-order valence-electron chi connectivity index (χ1n) is 7.89. The van der Waals surface area contributed by atoms with Gasteiger partial charge in [-0.1, -0.05) is 19.9 Å². The fraction of sp³-hybridized carbons (Fsp3) is 0.750. The summed E-state index contributed by atoms with van der Waals surface area (Å²) >= 11 is 0. The average Bonchev–Trinajstić information content (AvgIpc) is 2.37. The zero-order valence-corrected chi connectivity index (χ0v) is 14.3. The van der Waals surface area contributed by atoms with Gasteiger partial charge in [0, 0.05) is 25.3 Å². The van der Waals surface area contributed by atoms with Crippen LogP contribution >= 0.6 is 0 Å². The number of likely N-dealkylation sites (tertiary alicyclic amines) is 1. The number of hydrogen-bond donors (Lipinski definition) is 2. The van der Waals surface area contributed by atoms with Gasteiger partial charge in [-0.25, -0.2) is 9.59 Å². The van der Waals surface area contributed by atoms with Crippen molar-refractivity contribution in [1.29, 1.82) is 0 Å². The van der Waals surface area contributed by atoms with Gasteiger partial charge in [0.2, 0.25) is 0 Å². The second-order valence-electron chi connectivity index (χ2n) is 6.96. The number of amides is 3. The highest BCUT2D eigenvalue weighted by molar-refractivity contribution is 5.75. The quantitative estimate of drug-likeness (QED) is 0.842. The highest BCUT2D eigenvalue weighted by Crippen LogP contribution is 2.15. The SMILES string of the molecule is CC(C)/C=C/NC(=O)NC1CCN(C(=O)OC(C)(C)C)CC1. The molecule has 1 heterocycles. The predicted octanol–water partition coefficient (Wildman–Crippen LogP) is 2.85. The third-order valence-corrected chi connectivity index (χ3v) is 3.18. The summed E-state index contributed by atoms with van der Waals surface area (Å²) in [5, 5.41) is 5.61. The number of carbonyl (C=O) groups excluding carboxylic acids is 2. The van der Waals surface area contributed by atoms with Crippen LogP contribution in [0.1, 0.15) is 47.5 Å². The van der Waals surface area contributed by atoms with Gasteiger partial charge >= 0.3 is 12.1 Å². The van der Waals surface area contributed by atoms with Gasteiger partial charge in [0.25, 0.3) is 0 Å². The summed E-state index contributed by atoms with van der Waals surface area (Å²) in [5.74, 6) is 0.400. The molecule has 0 atom stereocenters. The van der Waals surface area contributed by atoms with E-state index in [0.717, 1.165) is 12.8 Å². The van der Waals surface area contributed by atoms with E-state index >= 15 is 0 Å². The lowest BCUT2D eigenvalue weighted by atomic mass is 10.1. The summed E-state index contributed by atoms with van der Waals surface area (Å²) < 4.78 is 5.35. The van der Waals surface area contributed by atoms with Gasteiger partial charge in [-0.05, 0) is 39.5 Å². The minimum absolute atomic E-state index is 0.0890. The number of ether oxygens (including phenoxy) is 1. The van der Waals surface area contributed by atoms with Crippen LogP contribution in [0, 0.1) is 5.92 Å². The van der Waals surface area contributed by atoms with E-state index in [-0.39, 0.29) is 18.2 Å². The summed E-state index contributed by atoms with van der Waals surface area (Å²) in [6.45, 7) is 10.9. The molecule has 1 fully saturated rings. The average molecular weight is 311 g/mol. The number of urea groups is 1. The first kappa shape index (κ1) is 18.3. The number of nitrogens with zero attached hydrogens (tertiary/aromatic N) is 1. The molecule has 0 spiro atoms. The Kier molecular flexibility index (Phi) is 6.71. The molecular weight excluding hydrogens is 282 g/mol. The molecule has 1 aliphatic rings. The Hall–Kier alpha value is -1.72. The van der Waals surface area contributed by atoms with Gasteiger partial charge in [0.05, 0.1) is 0 Å². The molecule has 6 nitrogen and oxygen atoms in total. The third kappa shape index (κ3) is 7.33. The number of nitrogens with one attached hydrogen (secondary N) is 2. The van der Waals surface area contributed by atoms with Crippen LogP contribution in [0.2, 0.25) is 0 Å². The summed E-state index contributed by atoms with van der Waals surface area (Å²) in [4.78, 5) is 25.4. The lowest BCUT2D eigenvalue weighted by molar-refractivity contribution is 0.0201. The molecule has 0 bridgehead atoms. The smallest absolute Gasteiger partial charge is 0.410 e. The van der Waals surface area contributed by atoms with Gasteiger partial charge in [-0.2, -0.15) is 0 Å².